The zero-order chi connectivity index (χ0) is 14.5. The van der Waals surface area contributed by atoms with Crippen LogP contribution in [0.1, 0.15) is 23.3 Å². The molecule has 2 rings (SSSR count). The minimum absolute atomic E-state index is 0.0621. The molecule has 2 amide bonds. The van der Waals surface area contributed by atoms with Gasteiger partial charge in [0.05, 0.1) is 0 Å². The summed E-state index contributed by atoms with van der Waals surface area (Å²) in [6, 6.07) is 1.61. The second kappa shape index (κ2) is 6.38. The van der Waals surface area contributed by atoms with E-state index in [1.807, 2.05) is 0 Å². The van der Waals surface area contributed by atoms with E-state index in [0.29, 0.717) is 24.6 Å². The average Bonchev–Trinajstić information content (AvgIpc) is 2.86. The topological polar surface area (TPSA) is 113 Å². The summed E-state index contributed by atoms with van der Waals surface area (Å²) in [4.78, 5) is 25.3. The van der Waals surface area contributed by atoms with E-state index in [-0.39, 0.29) is 24.5 Å². The predicted molar refractivity (Wildman–Crippen MR) is 71.9 cm³/mol. The molecular formula is C12H19N5O3. The van der Waals surface area contributed by atoms with Gasteiger partial charge in [-0.15, -0.1) is 0 Å². The third-order valence-electron chi connectivity index (χ3n) is 3.25. The van der Waals surface area contributed by atoms with Gasteiger partial charge in [0.2, 0.25) is 5.91 Å². The summed E-state index contributed by atoms with van der Waals surface area (Å²) in [5, 5.41) is 9.23. The van der Waals surface area contributed by atoms with Crippen molar-refractivity contribution in [3.8, 4) is 0 Å². The molecule has 1 aromatic heterocycles. The van der Waals surface area contributed by atoms with E-state index < -0.39 is 0 Å². The largest absolute Gasteiger partial charge is 0.382 e. The van der Waals surface area contributed by atoms with Crippen LogP contribution < -0.4 is 11.1 Å². The zero-order valence-electron chi connectivity index (χ0n) is 11.4. The maximum atomic E-state index is 12.1. The first kappa shape index (κ1) is 14.3. The molecule has 0 radical (unpaired) electrons. The molecule has 0 aromatic carbocycles. The molecule has 1 aliphatic heterocycles. The van der Waals surface area contributed by atoms with Crippen molar-refractivity contribution >= 4 is 17.6 Å². The standard InChI is InChI=1S/C12H19N5O3/c1-20-7-11(18)14-8-2-4-17(5-3-8)12(19)9-6-10(13)16-15-9/h6,8H,2-5,7H2,1H3,(H,14,18)(H3,13,15,16). The van der Waals surface area contributed by atoms with Crippen LogP contribution in [0.2, 0.25) is 0 Å². The second-order valence-corrected chi connectivity index (χ2v) is 4.77. The summed E-state index contributed by atoms with van der Waals surface area (Å²) < 4.78 is 4.77. The van der Waals surface area contributed by atoms with Gasteiger partial charge in [-0.1, -0.05) is 0 Å². The van der Waals surface area contributed by atoms with E-state index >= 15 is 0 Å². The number of methoxy groups -OCH3 is 1. The van der Waals surface area contributed by atoms with Gasteiger partial charge in [-0.05, 0) is 12.8 Å². The fourth-order valence-corrected chi connectivity index (χ4v) is 2.24. The number of hydrogen-bond donors (Lipinski definition) is 3. The highest BCUT2D eigenvalue weighted by atomic mass is 16.5. The molecule has 0 unspecified atom stereocenters. The fourth-order valence-electron chi connectivity index (χ4n) is 2.24. The summed E-state index contributed by atoms with van der Waals surface area (Å²) in [5.41, 5.74) is 5.87. The fraction of sp³-hybridized carbons (Fsp3) is 0.583. The SMILES string of the molecule is COCC(=O)NC1CCN(C(=O)c2cc(N)n[nH]2)CC1. The molecule has 8 nitrogen and oxygen atoms in total. The number of nitrogens with zero attached hydrogens (tertiary/aromatic N) is 2. The second-order valence-electron chi connectivity index (χ2n) is 4.77. The van der Waals surface area contributed by atoms with Gasteiger partial charge in [-0.3, -0.25) is 14.7 Å². The molecular weight excluding hydrogens is 262 g/mol. The lowest BCUT2D eigenvalue weighted by atomic mass is 10.0. The van der Waals surface area contributed by atoms with Crippen LogP contribution in [-0.4, -0.2) is 59.8 Å². The zero-order valence-corrected chi connectivity index (χ0v) is 11.4. The van der Waals surface area contributed by atoms with Crippen LogP contribution in [0.3, 0.4) is 0 Å². The molecule has 1 saturated heterocycles. The Morgan fingerprint density at radius 2 is 2.25 bits per heavy atom. The Morgan fingerprint density at radius 1 is 1.55 bits per heavy atom. The van der Waals surface area contributed by atoms with Crippen molar-refractivity contribution in [2.75, 3.05) is 32.5 Å². The highest BCUT2D eigenvalue weighted by Crippen LogP contribution is 2.14. The Morgan fingerprint density at radius 3 is 2.80 bits per heavy atom. The molecule has 1 aliphatic rings. The number of nitrogen functional groups attached to an aromatic ring is 1. The number of hydrogen-bond acceptors (Lipinski definition) is 5. The lowest BCUT2D eigenvalue weighted by Crippen LogP contribution is -2.47. The highest BCUT2D eigenvalue weighted by Gasteiger charge is 2.25. The number of rotatable bonds is 4. The molecule has 8 heteroatoms. The Bertz CT molecular complexity index is 479. The Kier molecular flexibility index (Phi) is 4.57. The maximum Gasteiger partial charge on any atom is 0.271 e. The molecule has 0 atom stereocenters. The van der Waals surface area contributed by atoms with E-state index in [2.05, 4.69) is 15.5 Å². The molecule has 0 spiro atoms. The molecule has 0 saturated carbocycles. The Labute approximate surface area is 116 Å². The quantitative estimate of drug-likeness (QED) is 0.679. The lowest BCUT2D eigenvalue weighted by molar-refractivity contribution is -0.125. The van der Waals surface area contributed by atoms with Gasteiger partial charge in [0.15, 0.2) is 0 Å². The summed E-state index contributed by atoms with van der Waals surface area (Å²) in [7, 11) is 1.48. The number of nitrogens with one attached hydrogen (secondary N) is 2. The predicted octanol–water partition coefficient (Wildman–Crippen LogP) is -0.641. The van der Waals surface area contributed by atoms with Crippen LogP contribution in [-0.2, 0) is 9.53 Å². The molecule has 4 N–H and O–H groups in total. The van der Waals surface area contributed by atoms with Crippen molar-refractivity contribution in [3.05, 3.63) is 11.8 Å². The van der Waals surface area contributed by atoms with Crippen LogP contribution in [0.4, 0.5) is 5.82 Å². The summed E-state index contributed by atoms with van der Waals surface area (Å²) in [6.07, 6.45) is 1.45. The number of amides is 2. The van der Waals surface area contributed by atoms with Crippen molar-refractivity contribution < 1.29 is 14.3 Å². The molecule has 1 fully saturated rings. The van der Waals surface area contributed by atoms with Gasteiger partial charge in [0.1, 0.15) is 18.1 Å². The van der Waals surface area contributed by atoms with Gasteiger partial charge in [-0.2, -0.15) is 5.10 Å². The molecule has 0 aliphatic carbocycles. The third-order valence-corrected chi connectivity index (χ3v) is 3.25. The highest BCUT2D eigenvalue weighted by molar-refractivity contribution is 5.93. The van der Waals surface area contributed by atoms with Crippen LogP contribution in [0.15, 0.2) is 6.07 Å². The van der Waals surface area contributed by atoms with Crippen molar-refractivity contribution in [2.24, 2.45) is 0 Å². The van der Waals surface area contributed by atoms with E-state index in [4.69, 9.17) is 10.5 Å². The third kappa shape index (κ3) is 3.47. The Hall–Kier alpha value is -2.09. The number of nitrogens with two attached hydrogens (primary N) is 1. The van der Waals surface area contributed by atoms with Crippen molar-refractivity contribution in [1.82, 2.24) is 20.4 Å². The number of carbonyl (C=O) groups excluding carboxylic acids is 2. The molecule has 20 heavy (non-hydrogen) atoms. The van der Waals surface area contributed by atoms with Crippen molar-refractivity contribution in [2.45, 2.75) is 18.9 Å². The van der Waals surface area contributed by atoms with E-state index in [1.54, 1.807) is 4.90 Å². The number of carbonyl (C=O) groups is 2. The first-order valence-corrected chi connectivity index (χ1v) is 6.48. The number of H-pyrrole nitrogens is 1. The number of ether oxygens (including phenoxy) is 1. The molecule has 110 valence electrons. The van der Waals surface area contributed by atoms with Gasteiger partial charge < -0.3 is 20.7 Å². The van der Waals surface area contributed by atoms with E-state index in [9.17, 15) is 9.59 Å². The number of aromatic nitrogens is 2. The first-order valence-electron chi connectivity index (χ1n) is 6.48. The van der Waals surface area contributed by atoms with Gasteiger partial charge in [-0.25, -0.2) is 0 Å². The molecule has 1 aromatic rings. The summed E-state index contributed by atoms with van der Waals surface area (Å²) >= 11 is 0. The monoisotopic (exact) mass is 281 g/mol. The van der Waals surface area contributed by atoms with Crippen LogP contribution in [0.25, 0.3) is 0 Å². The lowest BCUT2D eigenvalue weighted by Gasteiger charge is -2.32. The van der Waals surface area contributed by atoms with Crippen LogP contribution >= 0.6 is 0 Å². The summed E-state index contributed by atoms with van der Waals surface area (Å²) in [6.45, 7) is 1.25. The van der Waals surface area contributed by atoms with Crippen LogP contribution in [0.5, 0.6) is 0 Å². The Balaban J connectivity index is 1.82. The smallest absolute Gasteiger partial charge is 0.271 e. The van der Waals surface area contributed by atoms with Crippen molar-refractivity contribution in [3.63, 3.8) is 0 Å². The number of anilines is 1. The average molecular weight is 281 g/mol. The normalized spacial score (nSPS) is 16.1. The number of likely N-dealkylation sites (tertiary alicyclic amines) is 1. The molecule has 0 bridgehead atoms. The summed E-state index contributed by atoms with van der Waals surface area (Å²) in [5.74, 6) is 0.0598. The minimum Gasteiger partial charge on any atom is -0.382 e. The van der Waals surface area contributed by atoms with Crippen molar-refractivity contribution in [1.29, 1.82) is 0 Å². The van der Waals surface area contributed by atoms with Gasteiger partial charge in [0, 0.05) is 32.3 Å². The molecule has 2 heterocycles. The minimum atomic E-state index is -0.126. The van der Waals surface area contributed by atoms with E-state index in [1.165, 1.54) is 13.2 Å². The van der Waals surface area contributed by atoms with Crippen LogP contribution in [0, 0.1) is 0 Å². The van der Waals surface area contributed by atoms with Gasteiger partial charge in [0.25, 0.3) is 5.91 Å². The number of aromatic amines is 1. The van der Waals surface area contributed by atoms with Gasteiger partial charge >= 0.3 is 0 Å². The van der Waals surface area contributed by atoms with E-state index in [0.717, 1.165) is 12.8 Å². The maximum absolute atomic E-state index is 12.1. The number of piperidine rings is 1. The first-order chi connectivity index (χ1) is 9.60.